The van der Waals surface area contributed by atoms with Crippen LogP contribution in [0.15, 0.2) is 18.2 Å². The number of hydrogen-bond acceptors (Lipinski definition) is 2. The van der Waals surface area contributed by atoms with Crippen LogP contribution in [-0.2, 0) is 0 Å². The van der Waals surface area contributed by atoms with Crippen molar-refractivity contribution in [3.63, 3.8) is 0 Å². The SMILES string of the molecule is CCCCC1(CC)CC(NCC)c2cc(C)ccc2O1. The van der Waals surface area contributed by atoms with Crippen LogP contribution in [-0.4, -0.2) is 12.1 Å². The van der Waals surface area contributed by atoms with E-state index in [1.54, 1.807) is 0 Å². The fraction of sp³-hybridized carbons (Fsp3) is 0.667. The highest BCUT2D eigenvalue weighted by molar-refractivity contribution is 5.41. The molecule has 0 spiro atoms. The molecule has 1 aromatic carbocycles. The molecule has 1 heterocycles. The van der Waals surface area contributed by atoms with Crippen molar-refractivity contribution in [1.82, 2.24) is 5.32 Å². The lowest BCUT2D eigenvalue weighted by molar-refractivity contribution is 0.0167. The molecular formula is C18H29NO. The van der Waals surface area contributed by atoms with Crippen molar-refractivity contribution in [3.8, 4) is 5.75 Å². The predicted molar refractivity (Wildman–Crippen MR) is 85.4 cm³/mol. The van der Waals surface area contributed by atoms with Gasteiger partial charge in [0.1, 0.15) is 11.4 Å². The molecule has 20 heavy (non-hydrogen) atoms. The summed E-state index contributed by atoms with van der Waals surface area (Å²) in [5.74, 6) is 1.09. The summed E-state index contributed by atoms with van der Waals surface area (Å²) >= 11 is 0. The monoisotopic (exact) mass is 275 g/mol. The maximum absolute atomic E-state index is 6.46. The van der Waals surface area contributed by atoms with Crippen molar-refractivity contribution in [2.45, 2.75) is 71.4 Å². The van der Waals surface area contributed by atoms with E-state index in [9.17, 15) is 0 Å². The third kappa shape index (κ3) is 3.17. The molecule has 1 aliphatic heterocycles. The number of ether oxygens (including phenoxy) is 1. The number of fused-ring (bicyclic) bond motifs is 1. The summed E-state index contributed by atoms with van der Waals surface area (Å²) in [6, 6.07) is 7.03. The largest absolute Gasteiger partial charge is 0.487 e. The predicted octanol–water partition coefficient (Wildman–Crippen LogP) is 4.77. The maximum atomic E-state index is 6.46. The Morgan fingerprint density at radius 3 is 2.75 bits per heavy atom. The summed E-state index contributed by atoms with van der Waals surface area (Å²) in [5, 5.41) is 3.65. The summed E-state index contributed by atoms with van der Waals surface area (Å²) < 4.78 is 6.46. The summed E-state index contributed by atoms with van der Waals surface area (Å²) in [7, 11) is 0. The molecule has 0 aromatic heterocycles. The minimum Gasteiger partial charge on any atom is -0.487 e. The molecule has 0 bridgehead atoms. The Morgan fingerprint density at radius 2 is 2.10 bits per heavy atom. The molecule has 2 rings (SSSR count). The third-order valence-electron chi connectivity index (χ3n) is 4.52. The number of rotatable bonds is 6. The van der Waals surface area contributed by atoms with Crippen molar-refractivity contribution < 1.29 is 4.74 Å². The minimum absolute atomic E-state index is 0.0190. The van der Waals surface area contributed by atoms with Gasteiger partial charge in [-0.2, -0.15) is 0 Å². The van der Waals surface area contributed by atoms with E-state index >= 15 is 0 Å². The van der Waals surface area contributed by atoms with Crippen LogP contribution in [0.2, 0.25) is 0 Å². The maximum Gasteiger partial charge on any atom is 0.124 e. The molecule has 0 aliphatic carbocycles. The molecule has 2 unspecified atom stereocenters. The van der Waals surface area contributed by atoms with Crippen molar-refractivity contribution in [1.29, 1.82) is 0 Å². The van der Waals surface area contributed by atoms with Gasteiger partial charge in [-0.15, -0.1) is 0 Å². The van der Waals surface area contributed by atoms with Crippen LogP contribution in [0.1, 0.15) is 70.0 Å². The smallest absolute Gasteiger partial charge is 0.124 e. The fourth-order valence-electron chi connectivity index (χ4n) is 3.26. The summed E-state index contributed by atoms with van der Waals surface area (Å²) in [5.41, 5.74) is 2.67. The van der Waals surface area contributed by atoms with E-state index in [-0.39, 0.29) is 5.60 Å². The van der Waals surface area contributed by atoms with Gasteiger partial charge in [0.25, 0.3) is 0 Å². The van der Waals surface area contributed by atoms with E-state index < -0.39 is 0 Å². The number of aryl methyl sites for hydroxylation is 1. The zero-order chi connectivity index (χ0) is 14.6. The van der Waals surface area contributed by atoms with Gasteiger partial charge in [-0.3, -0.25) is 0 Å². The van der Waals surface area contributed by atoms with Gasteiger partial charge in [-0.1, -0.05) is 44.9 Å². The first-order valence-corrected chi connectivity index (χ1v) is 8.17. The van der Waals surface area contributed by atoms with E-state index in [0.29, 0.717) is 6.04 Å². The second-order valence-corrected chi connectivity index (χ2v) is 6.10. The first kappa shape index (κ1) is 15.4. The number of benzene rings is 1. The summed E-state index contributed by atoms with van der Waals surface area (Å²) in [6.45, 7) is 9.86. The van der Waals surface area contributed by atoms with Crippen molar-refractivity contribution in [2.75, 3.05) is 6.54 Å². The Morgan fingerprint density at radius 1 is 1.30 bits per heavy atom. The molecular weight excluding hydrogens is 246 g/mol. The standard InChI is InChI=1S/C18H29NO/c1-5-8-11-18(6-2)13-16(19-7-3)15-12-14(4)9-10-17(15)20-18/h9-10,12,16,19H,5-8,11,13H2,1-4H3. The third-order valence-corrected chi connectivity index (χ3v) is 4.52. The first-order valence-electron chi connectivity index (χ1n) is 8.17. The molecule has 0 fully saturated rings. The van der Waals surface area contributed by atoms with Gasteiger partial charge >= 0.3 is 0 Å². The zero-order valence-corrected chi connectivity index (χ0v) is 13.5. The lowest BCUT2D eigenvalue weighted by Gasteiger charge is -2.42. The zero-order valence-electron chi connectivity index (χ0n) is 13.5. The highest BCUT2D eigenvalue weighted by Gasteiger charge is 2.38. The highest BCUT2D eigenvalue weighted by Crippen LogP contribution is 2.43. The van der Waals surface area contributed by atoms with Crippen molar-refractivity contribution >= 4 is 0 Å². The second kappa shape index (κ2) is 6.62. The average molecular weight is 275 g/mol. The first-order chi connectivity index (χ1) is 9.64. The van der Waals surface area contributed by atoms with Gasteiger partial charge in [-0.25, -0.2) is 0 Å². The van der Waals surface area contributed by atoms with E-state index in [0.717, 1.165) is 31.6 Å². The summed E-state index contributed by atoms with van der Waals surface area (Å²) in [4.78, 5) is 0. The van der Waals surface area contributed by atoms with Gasteiger partial charge < -0.3 is 10.1 Å². The lowest BCUT2D eigenvalue weighted by Crippen LogP contribution is -2.43. The van der Waals surface area contributed by atoms with E-state index in [4.69, 9.17) is 4.74 Å². The van der Waals surface area contributed by atoms with Gasteiger partial charge in [0.2, 0.25) is 0 Å². The van der Waals surface area contributed by atoms with Gasteiger partial charge in [0.15, 0.2) is 0 Å². The fourth-order valence-corrected chi connectivity index (χ4v) is 3.26. The Hall–Kier alpha value is -1.02. The Bertz CT molecular complexity index is 443. The molecule has 2 nitrogen and oxygen atoms in total. The molecule has 1 aliphatic rings. The number of unbranched alkanes of at least 4 members (excludes halogenated alkanes) is 1. The molecule has 2 heteroatoms. The van der Waals surface area contributed by atoms with Crippen LogP contribution in [0.3, 0.4) is 0 Å². The molecule has 2 atom stereocenters. The van der Waals surface area contributed by atoms with Crippen LogP contribution in [0.4, 0.5) is 0 Å². The normalized spacial score (nSPS) is 25.1. The summed E-state index contributed by atoms with van der Waals surface area (Å²) in [6.07, 6.45) is 5.82. The Labute approximate surface area is 123 Å². The Kier molecular flexibility index (Phi) is 5.09. The van der Waals surface area contributed by atoms with Gasteiger partial charge in [-0.05, 0) is 38.8 Å². The molecule has 1 aromatic rings. The van der Waals surface area contributed by atoms with Gasteiger partial charge in [0, 0.05) is 18.0 Å². The van der Waals surface area contributed by atoms with Crippen LogP contribution >= 0.6 is 0 Å². The topological polar surface area (TPSA) is 21.3 Å². The van der Waals surface area contributed by atoms with Crippen LogP contribution in [0, 0.1) is 6.92 Å². The minimum atomic E-state index is 0.0190. The van der Waals surface area contributed by atoms with E-state index in [1.807, 2.05) is 0 Å². The van der Waals surface area contributed by atoms with Crippen LogP contribution in [0.25, 0.3) is 0 Å². The second-order valence-electron chi connectivity index (χ2n) is 6.10. The molecule has 112 valence electrons. The molecule has 0 saturated carbocycles. The number of nitrogens with one attached hydrogen (secondary N) is 1. The van der Waals surface area contributed by atoms with Crippen LogP contribution < -0.4 is 10.1 Å². The quantitative estimate of drug-likeness (QED) is 0.807. The van der Waals surface area contributed by atoms with Crippen molar-refractivity contribution in [3.05, 3.63) is 29.3 Å². The lowest BCUT2D eigenvalue weighted by atomic mass is 9.81. The van der Waals surface area contributed by atoms with Crippen molar-refractivity contribution in [2.24, 2.45) is 0 Å². The Balaban J connectivity index is 2.31. The molecule has 0 saturated heterocycles. The average Bonchev–Trinajstić information content (AvgIpc) is 2.46. The van der Waals surface area contributed by atoms with Crippen LogP contribution in [0.5, 0.6) is 5.75 Å². The van der Waals surface area contributed by atoms with E-state index in [1.165, 1.54) is 24.0 Å². The van der Waals surface area contributed by atoms with Gasteiger partial charge in [0.05, 0.1) is 0 Å². The number of hydrogen-bond donors (Lipinski definition) is 1. The molecule has 1 N–H and O–H groups in total. The highest BCUT2D eigenvalue weighted by atomic mass is 16.5. The molecule has 0 radical (unpaired) electrons. The molecule has 0 amide bonds. The van der Waals surface area contributed by atoms with E-state index in [2.05, 4.69) is 51.2 Å².